The van der Waals surface area contributed by atoms with Crippen LogP contribution < -0.4 is 24.8 Å². The van der Waals surface area contributed by atoms with Gasteiger partial charge in [0.05, 0.1) is 31.5 Å². The average molecular weight is 581 g/mol. The number of benzene rings is 2. The smallest absolute Gasteiger partial charge is 0.274 e. The Balaban J connectivity index is 1.34. The van der Waals surface area contributed by atoms with E-state index in [2.05, 4.69) is 25.6 Å². The van der Waals surface area contributed by atoms with Gasteiger partial charge in [-0.05, 0) is 35.9 Å². The topological polar surface area (TPSA) is 145 Å². The number of ether oxygens (including phenoxy) is 3. The van der Waals surface area contributed by atoms with Gasteiger partial charge in [-0.25, -0.2) is 4.98 Å². The van der Waals surface area contributed by atoms with E-state index in [1.165, 1.54) is 31.9 Å². The van der Waals surface area contributed by atoms with E-state index < -0.39 is 12.1 Å². The maximum Gasteiger partial charge on any atom is 0.274 e. The van der Waals surface area contributed by atoms with Crippen LogP contribution in [0.5, 0.6) is 17.2 Å². The molecule has 0 aliphatic carbocycles. The van der Waals surface area contributed by atoms with Crippen LogP contribution in [0.3, 0.4) is 0 Å². The summed E-state index contributed by atoms with van der Waals surface area (Å²) in [5.41, 5.74) is 2.73. The number of carbonyl (C=O) groups is 3. The molecule has 6 bridgehead atoms. The lowest BCUT2D eigenvalue weighted by molar-refractivity contribution is -0.123. The molecule has 43 heavy (non-hydrogen) atoms. The molecule has 218 valence electrons. The van der Waals surface area contributed by atoms with Crippen molar-refractivity contribution in [2.24, 2.45) is 0 Å². The molecule has 2 aromatic carbocycles. The zero-order valence-corrected chi connectivity index (χ0v) is 23.2. The van der Waals surface area contributed by atoms with Crippen LogP contribution in [-0.4, -0.2) is 76.5 Å². The van der Waals surface area contributed by atoms with Crippen molar-refractivity contribution in [2.75, 3.05) is 26.8 Å². The molecule has 4 aromatic rings. The molecule has 1 saturated heterocycles. The molecule has 3 aliphatic rings. The Bertz CT molecular complexity index is 1670. The lowest BCUT2D eigenvalue weighted by Gasteiger charge is -2.22. The number of pyridine rings is 1. The zero-order chi connectivity index (χ0) is 29.8. The number of likely N-dealkylation sites (tertiary alicyclic amines) is 1. The number of hydrogen-bond donors (Lipinski definition) is 2. The maximum absolute atomic E-state index is 13.5. The highest BCUT2D eigenvalue weighted by Crippen LogP contribution is 2.28. The van der Waals surface area contributed by atoms with Crippen molar-refractivity contribution in [1.29, 1.82) is 0 Å². The van der Waals surface area contributed by atoms with Gasteiger partial charge in [0, 0.05) is 55.1 Å². The largest absolute Gasteiger partial charge is 0.496 e. The number of nitrogens with one attached hydrogen (secondary N) is 2. The van der Waals surface area contributed by atoms with Crippen molar-refractivity contribution < 1.29 is 28.6 Å². The van der Waals surface area contributed by atoms with Crippen LogP contribution in [0.4, 0.5) is 0 Å². The van der Waals surface area contributed by atoms with Crippen molar-refractivity contribution in [1.82, 2.24) is 30.5 Å². The maximum atomic E-state index is 13.5. The SMILES string of the molecule is COc1cc2ccc1CNC(=O)COc1cccc(c1)-c1cncc(c1)C(=O)N[C@H]1CN(C(=O)c3cnccn3)C[C@@H]1O2. The van der Waals surface area contributed by atoms with Gasteiger partial charge < -0.3 is 29.7 Å². The molecule has 7 rings (SSSR count). The summed E-state index contributed by atoms with van der Waals surface area (Å²) in [4.78, 5) is 53.3. The van der Waals surface area contributed by atoms with E-state index in [4.69, 9.17) is 14.2 Å². The summed E-state index contributed by atoms with van der Waals surface area (Å²) in [6.07, 6.45) is 6.89. The summed E-state index contributed by atoms with van der Waals surface area (Å²) < 4.78 is 17.6. The number of carbonyl (C=O) groups excluding carboxylic acids is 3. The minimum atomic E-state index is -0.588. The minimum absolute atomic E-state index is 0.180. The number of hydrogen-bond acceptors (Lipinski definition) is 9. The van der Waals surface area contributed by atoms with Gasteiger partial charge in [0.2, 0.25) is 0 Å². The van der Waals surface area contributed by atoms with Crippen molar-refractivity contribution in [2.45, 2.75) is 18.7 Å². The van der Waals surface area contributed by atoms with Gasteiger partial charge in [0.25, 0.3) is 17.7 Å². The van der Waals surface area contributed by atoms with Crippen LogP contribution in [-0.2, 0) is 11.3 Å². The molecule has 0 saturated carbocycles. The number of methoxy groups -OCH3 is 1. The molecule has 1 fully saturated rings. The molecule has 3 aliphatic heterocycles. The highest BCUT2D eigenvalue weighted by molar-refractivity contribution is 5.96. The van der Waals surface area contributed by atoms with Gasteiger partial charge >= 0.3 is 0 Å². The van der Waals surface area contributed by atoms with Gasteiger partial charge in [-0.15, -0.1) is 0 Å². The number of fused-ring (bicyclic) bond motifs is 7. The van der Waals surface area contributed by atoms with E-state index in [9.17, 15) is 14.4 Å². The molecule has 12 heteroatoms. The van der Waals surface area contributed by atoms with E-state index in [1.54, 1.807) is 53.6 Å². The Kier molecular flexibility index (Phi) is 7.81. The molecular weight excluding hydrogens is 552 g/mol. The van der Waals surface area contributed by atoms with Gasteiger partial charge in [-0.1, -0.05) is 12.1 Å². The lowest BCUT2D eigenvalue weighted by atomic mass is 10.1. The van der Waals surface area contributed by atoms with E-state index in [0.717, 1.165) is 11.1 Å². The minimum Gasteiger partial charge on any atom is -0.496 e. The highest BCUT2D eigenvalue weighted by Gasteiger charge is 2.39. The quantitative estimate of drug-likeness (QED) is 0.365. The highest BCUT2D eigenvalue weighted by atomic mass is 16.5. The van der Waals surface area contributed by atoms with Gasteiger partial charge in [0.1, 0.15) is 29.0 Å². The van der Waals surface area contributed by atoms with Gasteiger partial charge in [0.15, 0.2) is 6.61 Å². The molecule has 2 atom stereocenters. The summed E-state index contributed by atoms with van der Waals surface area (Å²) in [7, 11) is 1.53. The summed E-state index contributed by atoms with van der Waals surface area (Å²) in [5, 5.41) is 5.89. The monoisotopic (exact) mass is 580 g/mol. The van der Waals surface area contributed by atoms with Crippen LogP contribution in [0.1, 0.15) is 26.4 Å². The second-order valence-corrected chi connectivity index (χ2v) is 10.1. The van der Waals surface area contributed by atoms with Crippen molar-refractivity contribution in [3.05, 3.63) is 96.3 Å². The molecule has 2 aromatic heterocycles. The summed E-state index contributed by atoms with van der Waals surface area (Å²) in [5.74, 6) is 0.494. The third kappa shape index (κ3) is 6.22. The summed E-state index contributed by atoms with van der Waals surface area (Å²) >= 11 is 0. The lowest BCUT2D eigenvalue weighted by Crippen LogP contribution is -2.45. The molecule has 0 spiro atoms. The first kappa shape index (κ1) is 27.6. The third-order valence-electron chi connectivity index (χ3n) is 7.21. The Morgan fingerprint density at radius 1 is 0.953 bits per heavy atom. The fourth-order valence-corrected chi connectivity index (χ4v) is 5.02. The van der Waals surface area contributed by atoms with Gasteiger partial charge in [-0.2, -0.15) is 0 Å². The second-order valence-electron chi connectivity index (χ2n) is 10.1. The molecular formula is C31H28N6O6. The fraction of sp³-hybridized carbons (Fsp3) is 0.226. The van der Waals surface area contributed by atoms with Crippen LogP contribution >= 0.6 is 0 Å². The van der Waals surface area contributed by atoms with Crippen LogP contribution in [0.15, 0.2) is 79.5 Å². The molecule has 3 amide bonds. The van der Waals surface area contributed by atoms with E-state index >= 15 is 0 Å². The summed E-state index contributed by atoms with van der Waals surface area (Å²) in [6.45, 7) is 0.429. The fourth-order valence-electron chi connectivity index (χ4n) is 5.02. The predicted molar refractivity (Wildman–Crippen MR) is 154 cm³/mol. The summed E-state index contributed by atoms with van der Waals surface area (Å²) in [6, 6.07) is 13.6. The number of rotatable bonds is 2. The van der Waals surface area contributed by atoms with E-state index in [-0.39, 0.29) is 49.7 Å². The molecule has 12 nitrogen and oxygen atoms in total. The molecule has 2 N–H and O–H groups in total. The molecule has 5 heterocycles. The Labute approximate surface area is 247 Å². The normalized spacial score (nSPS) is 18.4. The van der Waals surface area contributed by atoms with Crippen molar-refractivity contribution in [3.63, 3.8) is 0 Å². The number of aromatic nitrogens is 3. The third-order valence-corrected chi connectivity index (χ3v) is 7.21. The van der Waals surface area contributed by atoms with Crippen LogP contribution in [0.2, 0.25) is 0 Å². The zero-order valence-electron chi connectivity index (χ0n) is 23.2. The second kappa shape index (κ2) is 12.1. The first-order chi connectivity index (χ1) is 21.0. The van der Waals surface area contributed by atoms with Crippen LogP contribution in [0.25, 0.3) is 11.1 Å². The predicted octanol–water partition coefficient (Wildman–Crippen LogP) is 2.26. The molecule has 0 unspecified atom stereocenters. The average Bonchev–Trinajstić information content (AvgIpc) is 3.44. The standard InChI is InChI=1S/C31H28N6O6/c1-41-27-11-24-6-5-20(27)14-35-29(38)18-42-23-4-2-3-19(10-23)21-9-22(13-33-12-21)30(39)36-26-16-37(17-28(26)43-24)31(40)25-15-32-7-8-34-25/h2-13,15,26,28H,14,16-18H2,1H3,(H,35,38)(H,36,39)/t26-,28-/m0/s1. The van der Waals surface area contributed by atoms with E-state index in [1.807, 2.05) is 6.07 Å². The number of amides is 3. The Morgan fingerprint density at radius 2 is 1.84 bits per heavy atom. The Hall–Kier alpha value is -5.52. The van der Waals surface area contributed by atoms with Crippen molar-refractivity contribution >= 4 is 17.7 Å². The van der Waals surface area contributed by atoms with Gasteiger partial charge in [-0.3, -0.25) is 24.4 Å². The Morgan fingerprint density at radius 3 is 2.67 bits per heavy atom. The van der Waals surface area contributed by atoms with Crippen molar-refractivity contribution in [3.8, 4) is 28.4 Å². The first-order valence-electron chi connectivity index (χ1n) is 13.6. The van der Waals surface area contributed by atoms with E-state index in [0.29, 0.717) is 28.4 Å². The number of nitrogens with zero attached hydrogens (tertiary/aromatic N) is 4. The molecule has 0 radical (unpaired) electrons. The van der Waals surface area contributed by atoms with Crippen LogP contribution in [0, 0.1) is 0 Å². The first-order valence-corrected chi connectivity index (χ1v) is 13.6.